The molecule has 0 aromatic heterocycles. The number of hydrogen-bond acceptors (Lipinski definition) is 4. The molecule has 3 rings (SSSR count). The van der Waals surface area contributed by atoms with Crippen LogP contribution in [0.5, 0.6) is 5.75 Å². The molecule has 4 nitrogen and oxygen atoms in total. The van der Waals surface area contributed by atoms with Crippen molar-refractivity contribution < 1.29 is 27.0 Å². The molecule has 1 aliphatic carbocycles. The number of benzene rings is 2. The van der Waals surface area contributed by atoms with Crippen molar-refractivity contribution in [2.75, 3.05) is 6.26 Å². The minimum atomic E-state index is -3.33. The predicted molar refractivity (Wildman–Crippen MR) is 93.8 cm³/mol. The minimum Gasteiger partial charge on any atom is -0.484 e. The van der Waals surface area contributed by atoms with Gasteiger partial charge in [0.15, 0.2) is 27.2 Å². The molecule has 2 atom stereocenters. The summed E-state index contributed by atoms with van der Waals surface area (Å²) >= 11 is 0. The summed E-state index contributed by atoms with van der Waals surface area (Å²) in [6.07, 6.45) is 2.59. The van der Waals surface area contributed by atoms with Gasteiger partial charge in [0.05, 0.1) is 11.0 Å². The summed E-state index contributed by atoms with van der Waals surface area (Å²) in [6, 6.07) is 8.12. The first kappa shape index (κ1) is 18.8. The van der Waals surface area contributed by atoms with Gasteiger partial charge in [0.25, 0.3) is 0 Å². The average Bonchev–Trinajstić information content (AvgIpc) is 2.57. The largest absolute Gasteiger partial charge is 0.484 e. The molecule has 0 spiro atoms. The standard InChI is InChI=1S/C19H20F2O4S/c1-26(23,24)16-7-5-12(6-8-16)13-9-17(20)19(18(21)10-13)25-15-4-2-3-14(22)11-15/h5-10,14-15,22H,2-4,11H2,1H3. The summed E-state index contributed by atoms with van der Waals surface area (Å²) in [6.45, 7) is 0. The lowest BCUT2D eigenvalue weighted by molar-refractivity contribution is 0.0495. The van der Waals surface area contributed by atoms with Crippen LogP contribution in [0.1, 0.15) is 25.7 Å². The maximum Gasteiger partial charge on any atom is 0.191 e. The lowest BCUT2D eigenvalue weighted by Gasteiger charge is -2.27. The highest BCUT2D eigenvalue weighted by Crippen LogP contribution is 2.32. The van der Waals surface area contributed by atoms with Crippen molar-refractivity contribution in [2.45, 2.75) is 42.8 Å². The Morgan fingerprint density at radius 2 is 1.65 bits per heavy atom. The Hall–Kier alpha value is -1.99. The van der Waals surface area contributed by atoms with Gasteiger partial charge in [-0.2, -0.15) is 0 Å². The van der Waals surface area contributed by atoms with Crippen LogP contribution in [0, 0.1) is 11.6 Å². The van der Waals surface area contributed by atoms with E-state index in [2.05, 4.69) is 0 Å². The molecule has 0 aliphatic heterocycles. The van der Waals surface area contributed by atoms with Gasteiger partial charge in [-0.05, 0) is 54.7 Å². The molecule has 1 fully saturated rings. The zero-order valence-electron chi connectivity index (χ0n) is 14.3. The number of aliphatic hydroxyl groups excluding tert-OH is 1. The van der Waals surface area contributed by atoms with Crippen LogP contribution in [-0.4, -0.2) is 32.0 Å². The van der Waals surface area contributed by atoms with E-state index in [4.69, 9.17) is 4.74 Å². The summed E-state index contributed by atoms with van der Waals surface area (Å²) in [4.78, 5) is 0.137. The Morgan fingerprint density at radius 3 is 2.19 bits per heavy atom. The molecule has 0 amide bonds. The van der Waals surface area contributed by atoms with Crippen molar-refractivity contribution in [3.8, 4) is 16.9 Å². The molecule has 0 radical (unpaired) electrons. The van der Waals surface area contributed by atoms with E-state index in [0.717, 1.165) is 24.8 Å². The molecule has 0 saturated heterocycles. The van der Waals surface area contributed by atoms with Crippen LogP contribution in [0.25, 0.3) is 11.1 Å². The smallest absolute Gasteiger partial charge is 0.191 e. The third kappa shape index (κ3) is 4.22. The Kier molecular flexibility index (Phi) is 5.29. The first-order valence-electron chi connectivity index (χ1n) is 8.38. The van der Waals surface area contributed by atoms with Crippen LogP contribution >= 0.6 is 0 Å². The summed E-state index contributed by atoms with van der Waals surface area (Å²) in [5.41, 5.74) is 0.783. The van der Waals surface area contributed by atoms with Crippen LogP contribution < -0.4 is 4.74 Å². The van der Waals surface area contributed by atoms with E-state index in [1.165, 1.54) is 24.3 Å². The van der Waals surface area contributed by atoms with Gasteiger partial charge in [-0.25, -0.2) is 17.2 Å². The molecule has 2 aromatic carbocycles. The van der Waals surface area contributed by atoms with E-state index in [0.29, 0.717) is 24.8 Å². The van der Waals surface area contributed by atoms with Crippen molar-refractivity contribution in [2.24, 2.45) is 0 Å². The van der Waals surface area contributed by atoms with Gasteiger partial charge in [-0.1, -0.05) is 12.1 Å². The van der Waals surface area contributed by atoms with Crippen molar-refractivity contribution in [3.05, 3.63) is 48.0 Å². The van der Waals surface area contributed by atoms with E-state index >= 15 is 0 Å². The van der Waals surface area contributed by atoms with Crippen LogP contribution in [0.2, 0.25) is 0 Å². The third-order valence-electron chi connectivity index (χ3n) is 4.50. The van der Waals surface area contributed by atoms with E-state index < -0.39 is 39.4 Å². The second-order valence-electron chi connectivity index (χ2n) is 6.63. The van der Waals surface area contributed by atoms with Crippen molar-refractivity contribution >= 4 is 9.84 Å². The second kappa shape index (κ2) is 7.32. The summed E-state index contributed by atoms with van der Waals surface area (Å²) < 4.78 is 57.2. The Morgan fingerprint density at radius 1 is 1.04 bits per heavy atom. The number of sulfone groups is 1. The van der Waals surface area contributed by atoms with Crippen LogP contribution in [-0.2, 0) is 9.84 Å². The molecular weight excluding hydrogens is 362 g/mol. The fraction of sp³-hybridized carbons (Fsp3) is 0.368. The van der Waals surface area contributed by atoms with Crippen LogP contribution in [0.3, 0.4) is 0 Å². The molecule has 7 heteroatoms. The fourth-order valence-corrected chi connectivity index (χ4v) is 3.76. The summed E-state index contributed by atoms with van der Waals surface area (Å²) in [5, 5.41) is 9.66. The molecule has 1 saturated carbocycles. The number of ether oxygens (including phenoxy) is 1. The third-order valence-corrected chi connectivity index (χ3v) is 5.63. The number of halogens is 2. The monoisotopic (exact) mass is 382 g/mol. The summed E-state index contributed by atoms with van der Waals surface area (Å²) in [5.74, 6) is -2.10. The molecule has 2 unspecified atom stereocenters. The van der Waals surface area contributed by atoms with Crippen LogP contribution in [0.15, 0.2) is 41.3 Å². The molecular formula is C19H20F2O4S. The highest BCUT2D eigenvalue weighted by atomic mass is 32.2. The van der Waals surface area contributed by atoms with Gasteiger partial charge >= 0.3 is 0 Å². The molecule has 1 N–H and O–H groups in total. The Labute approximate surface area is 151 Å². The van der Waals surface area contributed by atoms with Gasteiger partial charge < -0.3 is 9.84 Å². The number of rotatable bonds is 4. The lowest BCUT2D eigenvalue weighted by atomic mass is 9.95. The van der Waals surface area contributed by atoms with Gasteiger partial charge in [0.1, 0.15) is 6.10 Å². The van der Waals surface area contributed by atoms with Crippen LogP contribution in [0.4, 0.5) is 8.78 Å². The summed E-state index contributed by atoms with van der Waals surface area (Å²) in [7, 11) is -3.33. The molecule has 0 bridgehead atoms. The number of aliphatic hydroxyl groups is 1. The van der Waals surface area contributed by atoms with E-state index in [1.807, 2.05) is 0 Å². The topological polar surface area (TPSA) is 63.6 Å². The minimum absolute atomic E-state index is 0.137. The van der Waals surface area contributed by atoms with Gasteiger partial charge in [-0.3, -0.25) is 0 Å². The zero-order valence-corrected chi connectivity index (χ0v) is 15.1. The first-order valence-corrected chi connectivity index (χ1v) is 10.3. The fourth-order valence-electron chi connectivity index (χ4n) is 3.13. The first-order chi connectivity index (χ1) is 12.2. The maximum atomic E-state index is 14.4. The molecule has 26 heavy (non-hydrogen) atoms. The van der Waals surface area contributed by atoms with Gasteiger partial charge in [-0.15, -0.1) is 0 Å². The zero-order chi connectivity index (χ0) is 18.9. The predicted octanol–water partition coefficient (Wildman–Crippen LogP) is 3.72. The lowest BCUT2D eigenvalue weighted by Crippen LogP contribution is -2.28. The van der Waals surface area contributed by atoms with E-state index in [-0.39, 0.29) is 10.5 Å². The average molecular weight is 382 g/mol. The van der Waals surface area contributed by atoms with E-state index in [1.54, 1.807) is 0 Å². The highest BCUT2D eigenvalue weighted by Gasteiger charge is 2.24. The molecule has 2 aromatic rings. The SMILES string of the molecule is CS(=O)(=O)c1ccc(-c2cc(F)c(OC3CCCC(O)C3)c(F)c2)cc1. The Bertz CT molecular complexity index is 871. The highest BCUT2D eigenvalue weighted by molar-refractivity contribution is 7.90. The van der Waals surface area contributed by atoms with Crippen molar-refractivity contribution in [1.29, 1.82) is 0 Å². The normalized spacial score (nSPS) is 20.8. The molecule has 1 aliphatic rings. The molecule has 140 valence electrons. The van der Waals surface area contributed by atoms with Gasteiger partial charge in [0, 0.05) is 12.7 Å². The van der Waals surface area contributed by atoms with Gasteiger partial charge in [0.2, 0.25) is 0 Å². The van der Waals surface area contributed by atoms with Crippen molar-refractivity contribution in [1.82, 2.24) is 0 Å². The molecule has 0 heterocycles. The van der Waals surface area contributed by atoms with E-state index in [9.17, 15) is 22.3 Å². The second-order valence-corrected chi connectivity index (χ2v) is 8.64. The van der Waals surface area contributed by atoms with Crippen molar-refractivity contribution in [3.63, 3.8) is 0 Å². The maximum absolute atomic E-state index is 14.4. The Balaban J connectivity index is 1.85. The quantitative estimate of drug-likeness (QED) is 0.875. The number of hydrogen-bond donors (Lipinski definition) is 1.